The summed E-state index contributed by atoms with van der Waals surface area (Å²) in [5.74, 6) is -0.462. The maximum Gasteiger partial charge on any atom is 0.251 e. The van der Waals surface area contributed by atoms with Crippen molar-refractivity contribution >= 4 is 33.4 Å². The number of hydrogen-bond acceptors (Lipinski definition) is 7. The third kappa shape index (κ3) is 5.46. The molecule has 8 nitrogen and oxygen atoms in total. The summed E-state index contributed by atoms with van der Waals surface area (Å²) >= 11 is 1.40. The quantitative estimate of drug-likeness (QED) is 0.335. The smallest absolute Gasteiger partial charge is 0.251 e. The summed E-state index contributed by atoms with van der Waals surface area (Å²) in [6.45, 7) is 0.419. The Morgan fingerprint density at radius 1 is 1.03 bits per heavy atom. The van der Waals surface area contributed by atoms with E-state index in [2.05, 4.69) is 15.3 Å². The number of carbonyl (C=O) groups excluding carboxylic acids is 2. The molecular weight excluding hydrogens is 459 g/mol. The summed E-state index contributed by atoms with van der Waals surface area (Å²) < 4.78 is 25.9. The van der Waals surface area contributed by atoms with Crippen LogP contribution in [0.1, 0.15) is 16.8 Å². The monoisotopic (exact) mass is 480 g/mol. The highest BCUT2D eigenvalue weighted by atomic mass is 32.1. The Bertz CT molecular complexity index is 1330. The molecule has 2 heterocycles. The van der Waals surface area contributed by atoms with Crippen LogP contribution < -0.4 is 20.5 Å². The predicted octanol–water partition coefficient (Wildman–Crippen LogP) is 3.56. The summed E-state index contributed by atoms with van der Waals surface area (Å²) in [5.41, 5.74) is 6.56. The Morgan fingerprint density at radius 2 is 1.85 bits per heavy atom. The lowest BCUT2D eigenvalue weighted by Gasteiger charge is -2.10. The largest absolute Gasteiger partial charge is 0.493 e. The van der Waals surface area contributed by atoms with Crippen molar-refractivity contribution in [2.24, 2.45) is 5.73 Å². The van der Waals surface area contributed by atoms with Gasteiger partial charge in [-0.05, 0) is 24.3 Å². The third-order valence-electron chi connectivity index (χ3n) is 4.82. The number of aromatic nitrogens is 2. The number of halogens is 1. The number of thiophene rings is 1. The fourth-order valence-electron chi connectivity index (χ4n) is 3.25. The van der Waals surface area contributed by atoms with Crippen LogP contribution in [-0.2, 0) is 4.79 Å². The van der Waals surface area contributed by atoms with Crippen molar-refractivity contribution in [2.75, 3.05) is 19.8 Å². The first kappa shape index (κ1) is 23.1. The number of carbonyl (C=O) groups is 2. The van der Waals surface area contributed by atoms with Crippen LogP contribution in [-0.4, -0.2) is 41.5 Å². The van der Waals surface area contributed by atoms with Crippen molar-refractivity contribution < 1.29 is 23.5 Å². The second-order valence-corrected chi connectivity index (χ2v) is 8.07. The Labute approximate surface area is 198 Å². The molecular formula is C24H21FN4O4S. The maximum atomic E-state index is 14.3. The average molecular weight is 481 g/mol. The minimum Gasteiger partial charge on any atom is -0.493 e. The Morgan fingerprint density at radius 3 is 2.68 bits per heavy atom. The van der Waals surface area contributed by atoms with E-state index in [-0.39, 0.29) is 12.4 Å². The maximum absolute atomic E-state index is 14.3. The van der Waals surface area contributed by atoms with E-state index in [0.29, 0.717) is 58.2 Å². The van der Waals surface area contributed by atoms with Crippen LogP contribution in [0.25, 0.3) is 21.3 Å². The van der Waals surface area contributed by atoms with Crippen molar-refractivity contribution in [3.05, 3.63) is 71.6 Å². The summed E-state index contributed by atoms with van der Waals surface area (Å²) in [6, 6.07) is 13.2. The van der Waals surface area contributed by atoms with Crippen molar-refractivity contribution in [1.29, 1.82) is 0 Å². The molecule has 2 aromatic heterocycles. The molecule has 10 heteroatoms. The summed E-state index contributed by atoms with van der Waals surface area (Å²) in [5, 5.41) is 4.95. The topological polar surface area (TPSA) is 116 Å². The molecule has 0 saturated carbocycles. The van der Waals surface area contributed by atoms with Gasteiger partial charge in [0.1, 0.15) is 22.7 Å². The SMILES string of the molecule is NC(=O)CNC(=O)c1cccc(OCCCOc2ncnc3scc(-c4ccccc4F)c23)c1. The van der Waals surface area contributed by atoms with E-state index in [4.69, 9.17) is 15.2 Å². The standard InChI is InChI=1S/C24H21FN4O4S/c25-19-8-2-1-7-17(19)18-13-34-24-21(18)23(28-14-29-24)33-10-4-9-32-16-6-3-5-15(11-16)22(31)27-12-20(26)30/h1-3,5-8,11,13-14H,4,9-10,12H2,(H2,26,30)(H,27,31). The van der Waals surface area contributed by atoms with Gasteiger partial charge in [0.2, 0.25) is 11.8 Å². The Kier molecular flexibility index (Phi) is 7.28. The molecule has 0 radical (unpaired) electrons. The molecule has 0 fully saturated rings. The van der Waals surface area contributed by atoms with E-state index in [1.54, 1.807) is 42.5 Å². The molecule has 34 heavy (non-hydrogen) atoms. The van der Waals surface area contributed by atoms with Crippen LogP contribution in [0.2, 0.25) is 0 Å². The first-order valence-electron chi connectivity index (χ1n) is 10.4. The van der Waals surface area contributed by atoms with Crippen LogP contribution >= 0.6 is 11.3 Å². The molecule has 0 atom stereocenters. The first-order valence-corrected chi connectivity index (χ1v) is 11.3. The minimum absolute atomic E-state index is 0.236. The van der Waals surface area contributed by atoms with Gasteiger partial charge in [0, 0.05) is 28.5 Å². The molecule has 2 aromatic carbocycles. The zero-order valence-electron chi connectivity index (χ0n) is 18.0. The predicted molar refractivity (Wildman–Crippen MR) is 126 cm³/mol. The fourth-order valence-corrected chi connectivity index (χ4v) is 4.15. The average Bonchev–Trinajstić information content (AvgIpc) is 3.27. The highest BCUT2D eigenvalue weighted by Gasteiger charge is 2.16. The van der Waals surface area contributed by atoms with Crippen molar-refractivity contribution in [1.82, 2.24) is 15.3 Å². The molecule has 174 valence electrons. The zero-order valence-corrected chi connectivity index (χ0v) is 18.8. The van der Waals surface area contributed by atoms with E-state index in [1.165, 1.54) is 23.7 Å². The van der Waals surface area contributed by atoms with Crippen LogP contribution in [0.15, 0.2) is 60.2 Å². The number of nitrogens with zero attached hydrogens (tertiary/aromatic N) is 2. The number of nitrogens with one attached hydrogen (secondary N) is 1. The van der Waals surface area contributed by atoms with Gasteiger partial charge < -0.3 is 20.5 Å². The number of rotatable bonds is 10. The number of ether oxygens (including phenoxy) is 2. The number of fused-ring (bicyclic) bond motifs is 1. The van der Waals surface area contributed by atoms with Crippen LogP contribution in [0.3, 0.4) is 0 Å². The Hall–Kier alpha value is -4.05. The molecule has 0 aliphatic carbocycles. The highest BCUT2D eigenvalue weighted by Crippen LogP contribution is 2.38. The highest BCUT2D eigenvalue weighted by molar-refractivity contribution is 7.17. The minimum atomic E-state index is -0.620. The third-order valence-corrected chi connectivity index (χ3v) is 5.70. The molecule has 4 rings (SSSR count). The van der Waals surface area contributed by atoms with E-state index >= 15 is 0 Å². The van der Waals surface area contributed by atoms with Gasteiger partial charge in [-0.3, -0.25) is 9.59 Å². The lowest BCUT2D eigenvalue weighted by molar-refractivity contribution is -0.117. The van der Waals surface area contributed by atoms with Crippen LogP contribution in [0.5, 0.6) is 11.6 Å². The molecule has 0 unspecified atom stereocenters. The molecule has 2 amide bonds. The number of nitrogens with two attached hydrogens (primary N) is 1. The van der Waals surface area contributed by atoms with Gasteiger partial charge in [0.15, 0.2) is 0 Å². The fraction of sp³-hybridized carbons (Fsp3) is 0.167. The lowest BCUT2D eigenvalue weighted by Crippen LogP contribution is -2.33. The number of primary amides is 1. The molecule has 0 saturated heterocycles. The van der Waals surface area contributed by atoms with Gasteiger partial charge >= 0.3 is 0 Å². The van der Waals surface area contributed by atoms with Crippen molar-refractivity contribution in [3.63, 3.8) is 0 Å². The molecule has 3 N–H and O–H groups in total. The van der Waals surface area contributed by atoms with Gasteiger partial charge in [-0.1, -0.05) is 24.3 Å². The summed E-state index contributed by atoms with van der Waals surface area (Å²) in [4.78, 5) is 32.1. The molecule has 4 aromatic rings. The second kappa shape index (κ2) is 10.7. The van der Waals surface area contributed by atoms with Gasteiger partial charge in [0.05, 0.1) is 25.1 Å². The van der Waals surface area contributed by atoms with E-state index < -0.39 is 11.8 Å². The van der Waals surface area contributed by atoms with Crippen LogP contribution in [0.4, 0.5) is 4.39 Å². The number of benzene rings is 2. The van der Waals surface area contributed by atoms with Gasteiger partial charge in [-0.15, -0.1) is 11.3 Å². The molecule has 0 spiro atoms. The molecule has 0 bridgehead atoms. The Balaban J connectivity index is 1.35. The van der Waals surface area contributed by atoms with Gasteiger partial charge in [-0.2, -0.15) is 0 Å². The van der Waals surface area contributed by atoms with Crippen molar-refractivity contribution in [3.8, 4) is 22.8 Å². The second-order valence-electron chi connectivity index (χ2n) is 7.22. The molecule has 0 aliphatic rings. The van der Waals surface area contributed by atoms with E-state index in [9.17, 15) is 14.0 Å². The van der Waals surface area contributed by atoms with Gasteiger partial charge in [-0.25, -0.2) is 14.4 Å². The zero-order chi connectivity index (χ0) is 23.9. The van der Waals surface area contributed by atoms with Gasteiger partial charge in [0.25, 0.3) is 5.91 Å². The van der Waals surface area contributed by atoms with E-state index in [0.717, 1.165) is 0 Å². The number of hydrogen-bond donors (Lipinski definition) is 2. The number of amides is 2. The lowest BCUT2D eigenvalue weighted by atomic mass is 10.1. The van der Waals surface area contributed by atoms with Crippen molar-refractivity contribution in [2.45, 2.75) is 6.42 Å². The summed E-state index contributed by atoms with van der Waals surface area (Å²) in [6.07, 6.45) is 1.97. The normalized spacial score (nSPS) is 10.7. The summed E-state index contributed by atoms with van der Waals surface area (Å²) in [7, 11) is 0. The van der Waals surface area contributed by atoms with Crippen LogP contribution in [0, 0.1) is 5.82 Å². The van der Waals surface area contributed by atoms with E-state index in [1.807, 2.05) is 5.38 Å². The first-order chi connectivity index (χ1) is 16.5. The molecule has 0 aliphatic heterocycles.